The molecule has 1 saturated heterocycles. The van der Waals surface area contributed by atoms with Crippen LogP contribution < -0.4 is 109 Å². The molecular formula is C68H123N21O21S. The van der Waals surface area contributed by atoms with E-state index in [1.165, 1.54) is 11.8 Å². The summed E-state index contributed by atoms with van der Waals surface area (Å²) in [6.07, 6.45) is -0.0758. The van der Waals surface area contributed by atoms with Crippen LogP contribution in [0.2, 0.25) is 0 Å². The van der Waals surface area contributed by atoms with Crippen LogP contribution in [0.15, 0.2) is 4.99 Å². The third-order valence-corrected chi connectivity index (χ3v) is 18.0. The molecule has 1 heterocycles. The maximum Gasteiger partial charge on any atom is 0.300 e. The van der Waals surface area contributed by atoms with Gasteiger partial charge in [-0.05, 0) is 134 Å². The van der Waals surface area contributed by atoms with Gasteiger partial charge in [0.1, 0.15) is 72.5 Å². The van der Waals surface area contributed by atoms with Crippen molar-refractivity contribution in [2.75, 3.05) is 51.3 Å². The number of aliphatic carboxylic acids is 1. The molecule has 0 aromatic carbocycles. The second kappa shape index (κ2) is 54.9. The molecule has 16 amide bonds. The summed E-state index contributed by atoms with van der Waals surface area (Å²) in [6.45, 7) is 11.3. The second-order valence-corrected chi connectivity index (χ2v) is 28.4. The van der Waals surface area contributed by atoms with E-state index in [-0.39, 0.29) is 108 Å². The Morgan fingerprint density at radius 3 is 1.33 bits per heavy atom. The maximum atomic E-state index is 14.4. The van der Waals surface area contributed by atoms with E-state index in [0.29, 0.717) is 37.9 Å². The lowest BCUT2D eigenvalue weighted by Gasteiger charge is -2.30. The molecule has 1 rings (SSSR count). The molecule has 16 unspecified atom stereocenters. The lowest BCUT2D eigenvalue weighted by Crippen LogP contribution is -2.63. The lowest BCUT2D eigenvalue weighted by molar-refractivity contribution is -0.138. The number of nitrogens with two attached hydrogens (primary N) is 6. The van der Waals surface area contributed by atoms with Gasteiger partial charge < -0.3 is 129 Å². The number of primary amides is 2. The van der Waals surface area contributed by atoms with E-state index in [4.69, 9.17) is 44.3 Å². The van der Waals surface area contributed by atoms with E-state index < -0.39 is 211 Å². The molecule has 30 N–H and O–H groups in total. The molecule has 0 spiro atoms. The molecule has 1 aliphatic heterocycles. The zero-order valence-corrected chi connectivity index (χ0v) is 65.9. The van der Waals surface area contributed by atoms with Crippen molar-refractivity contribution in [1.29, 1.82) is 0 Å². The molecule has 1 fully saturated rings. The first kappa shape index (κ1) is 101. The summed E-state index contributed by atoms with van der Waals surface area (Å²) in [6, 6.07) is -17.4. The van der Waals surface area contributed by atoms with Crippen LogP contribution in [-0.4, -0.2) is 263 Å². The largest absolute Gasteiger partial charge is 0.481 e. The minimum Gasteiger partial charge on any atom is -0.481 e. The van der Waals surface area contributed by atoms with Gasteiger partial charge in [-0.15, -0.1) is 0 Å². The van der Waals surface area contributed by atoms with Gasteiger partial charge in [0.25, 0.3) is 5.97 Å². The average Bonchev–Trinajstić information content (AvgIpc) is 1.50. The minimum absolute atomic E-state index is 0.0181. The standard InChI is InChI=1S/C66H119N21O19S.C2H4O2/c1-10-34(5)50(85-59(100)43(24-28-107-9)77-48(93)30-74-55(96)42-21-23-47(92)76-42)62(103)75-31-49(94)84-52(36(7)89)64(105)82-44(29-33(3)4)60(101)87-53(37(8)90)65(106)83-45(32-88)61(102)80-39(17-12-14-25-67)57(98)79-41(19-16-27-73-66(71)72)58(99)86-51(35(6)11-2)63(104)81-40(18-13-15-26-68)56(97)78-38(54(70)95)20-22-46(69)91;1-2(3)4/h33-45,50-53,88-90H,10-32,67-68H2,1-9H3,(H2,69,91)(H2,70,95)(H,74,96)(H,75,103)(H,76,92)(H,77,93)(H,78,97)(H,79,98)(H,80,102)(H,81,104)(H,82,105)(H,83,106)(H,84,94)(H,85,100)(H,86,99)(H,87,101)(H4,71,72,73);1H3,(H,3,4). The van der Waals surface area contributed by atoms with Gasteiger partial charge in [0.15, 0.2) is 5.96 Å². The van der Waals surface area contributed by atoms with Gasteiger partial charge in [-0.2, -0.15) is 11.8 Å². The fourth-order valence-corrected chi connectivity index (χ4v) is 11.2. The number of unbranched alkanes of at least 4 members (excludes halogenated alkanes) is 2. The van der Waals surface area contributed by atoms with E-state index in [9.17, 15) is 92.0 Å². The molecule has 43 heteroatoms. The highest BCUT2D eigenvalue weighted by Crippen LogP contribution is 2.16. The number of nitrogens with zero attached hydrogens (tertiary/aromatic N) is 1. The second-order valence-electron chi connectivity index (χ2n) is 27.4. The summed E-state index contributed by atoms with van der Waals surface area (Å²) >= 11 is 1.37. The van der Waals surface area contributed by atoms with Gasteiger partial charge in [0, 0.05) is 26.3 Å². The van der Waals surface area contributed by atoms with Crippen molar-refractivity contribution in [3.63, 3.8) is 0 Å². The van der Waals surface area contributed by atoms with Crippen LogP contribution in [0.4, 0.5) is 0 Å². The van der Waals surface area contributed by atoms with Crippen molar-refractivity contribution in [3.8, 4) is 0 Å². The number of carbonyl (C=O) groups is 17. The van der Waals surface area contributed by atoms with E-state index in [2.05, 4.69) is 79.4 Å². The number of amides is 16. The highest BCUT2D eigenvalue weighted by molar-refractivity contribution is 7.98. The SMILES string of the molecule is CC(=O)O.CCC(C)C(NC(=O)C(CCSC)NC(=O)CNC(=O)C1CCC(=O)N1)C(=O)NCC(=O)NC(C(=O)NC(CC(C)C)C(=O)NC(C(=O)NC(CO)C(=O)NC(CCCCN)C(=O)NC(CCCN=C(N)N)C(=O)NC(C(=O)NC(CCCCN)C(=O)NC(CCC(N)=O)C(N)=O)C(C)CC)C(C)O)C(C)O. The molecule has 0 radical (unpaired) electrons. The molecule has 111 heavy (non-hydrogen) atoms. The Balaban J connectivity index is 0.0000295. The maximum absolute atomic E-state index is 14.4. The van der Waals surface area contributed by atoms with Crippen LogP contribution in [-0.2, 0) is 81.5 Å². The number of rotatable bonds is 54. The summed E-state index contributed by atoms with van der Waals surface area (Å²) in [4.78, 5) is 228. The molecule has 0 aromatic rings. The van der Waals surface area contributed by atoms with Crippen molar-refractivity contribution in [1.82, 2.24) is 74.4 Å². The number of nitrogens with one attached hydrogen (secondary N) is 14. The topological polar surface area (TPSA) is 708 Å². The first-order chi connectivity index (χ1) is 52.1. The number of carboxylic acid groups (broad SMARTS) is 1. The van der Waals surface area contributed by atoms with Gasteiger partial charge in [0.05, 0.1) is 31.9 Å². The monoisotopic (exact) mass is 1600 g/mol. The molecule has 42 nitrogen and oxygen atoms in total. The molecular weight excluding hydrogens is 1480 g/mol. The number of aliphatic hydroxyl groups excluding tert-OH is 3. The summed E-state index contributed by atoms with van der Waals surface area (Å²) in [5.74, 6) is -16.4. The van der Waals surface area contributed by atoms with Crippen LogP contribution in [0.5, 0.6) is 0 Å². The lowest BCUT2D eigenvalue weighted by atomic mass is 9.96. The van der Waals surface area contributed by atoms with Gasteiger partial charge in [0.2, 0.25) is 94.5 Å². The van der Waals surface area contributed by atoms with Gasteiger partial charge in [-0.25, -0.2) is 0 Å². The van der Waals surface area contributed by atoms with Gasteiger partial charge in [-0.1, -0.05) is 54.4 Å². The number of guanidine groups is 1. The molecule has 1 aliphatic rings. The fourth-order valence-electron chi connectivity index (χ4n) is 10.7. The van der Waals surface area contributed by atoms with Crippen LogP contribution in [0.3, 0.4) is 0 Å². The number of carbonyl (C=O) groups excluding carboxylic acids is 16. The number of aliphatic hydroxyl groups is 3. The summed E-state index contributed by atoms with van der Waals surface area (Å²) in [7, 11) is 0. The highest BCUT2D eigenvalue weighted by atomic mass is 32.2. The van der Waals surface area contributed by atoms with Gasteiger partial charge >= 0.3 is 0 Å². The Labute approximate surface area is 650 Å². The number of hydrogen-bond donors (Lipinski definition) is 24. The van der Waals surface area contributed by atoms with Crippen molar-refractivity contribution in [2.45, 2.75) is 250 Å². The third kappa shape index (κ3) is 41.3. The highest BCUT2D eigenvalue weighted by Gasteiger charge is 2.39. The van der Waals surface area contributed by atoms with Crippen LogP contribution >= 0.6 is 11.8 Å². The number of hydrogen-bond acceptors (Lipinski definition) is 24. The minimum atomic E-state index is -1.92. The molecule has 0 saturated carbocycles. The van der Waals surface area contributed by atoms with Crippen molar-refractivity contribution >= 4 is 118 Å². The summed E-state index contributed by atoms with van der Waals surface area (Å²) in [5, 5.41) is 74.4. The Hall–Kier alpha value is -9.59. The van der Waals surface area contributed by atoms with Crippen LogP contribution in [0.1, 0.15) is 165 Å². The normalized spacial score (nSPS) is 16.4. The van der Waals surface area contributed by atoms with Crippen molar-refractivity contribution < 1.29 is 102 Å². The van der Waals surface area contributed by atoms with E-state index >= 15 is 0 Å². The predicted octanol–water partition coefficient (Wildman–Crippen LogP) is -8.37. The smallest absolute Gasteiger partial charge is 0.300 e. The van der Waals surface area contributed by atoms with Gasteiger partial charge in [-0.3, -0.25) is 86.5 Å². The number of thioether (sulfide) groups is 1. The molecule has 16 atom stereocenters. The molecule has 0 bridgehead atoms. The van der Waals surface area contributed by atoms with E-state index in [0.717, 1.165) is 20.8 Å². The molecule has 0 aliphatic carbocycles. The Morgan fingerprint density at radius 1 is 0.505 bits per heavy atom. The first-order valence-electron chi connectivity index (χ1n) is 37.0. The van der Waals surface area contributed by atoms with E-state index in [1.54, 1.807) is 47.8 Å². The third-order valence-electron chi connectivity index (χ3n) is 17.4. The Kier molecular flexibility index (Phi) is 50.2. The van der Waals surface area contributed by atoms with E-state index in [1.807, 2.05) is 0 Å². The van der Waals surface area contributed by atoms with Crippen molar-refractivity contribution in [3.05, 3.63) is 0 Å². The number of aliphatic imine (C=N–C) groups is 1. The Morgan fingerprint density at radius 2 is 0.901 bits per heavy atom. The first-order valence-corrected chi connectivity index (χ1v) is 38.4. The van der Waals surface area contributed by atoms with Crippen LogP contribution in [0.25, 0.3) is 0 Å². The van der Waals surface area contributed by atoms with Crippen molar-refractivity contribution in [2.24, 2.45) is 57.1 Å². The Bertz CT molecular complexity index is 3110. The van der Waals surface area contributed by atoms with Crippen LogP contribution in [0, 0.1) is 17.8 Å². The average molecular weight is 1600 g/mol. The number of carboxylic acids is 1. The predicted molar refractivity (Wildman–Crippen MR) is 407 cm³/mol. The zero-order chi connectivity index (χ0) is 84.8. The molecule has 632 valence electrons. The summed E-state index contributed by atoms with van der Waals surface area (Å²) < 4.78 is 0. The quantitative estimate of drug-likeness (QED) is 0.0153. The zero-order valence-electron chi connectivity index (χ0n) is 65.1. The fraction of sp³-hybridized carbons (Fsp3) is 0.735. The molecule has 0 aromatic heterocycles. The summed E-state index contributed by atoms with van der Waals surface area (Å²) in [5.41, 5.74) is 33.3.